The van der Waals surface area contributed by atoms with E-state index in [9.17, 15) is 14.9 Å². The maximum Gasteiger partial charge on any atom is 0.251 e. The first kappa shape index (κ1) is 25.0. The molecule has 1 aromatic heterocycles. The molecule has 4 aromatic rings. The van der Waals surface area contributed by atoms with E-state index >= 15 is 0 Å². The van der Waals surface area contributed by atoms with E-state index in [0.29, 0.717) is 34.7 Å². The van der Waals surface area contributed by atoms with Gasteiger partial charge in [-0.3, -0.25) is 9.59 Å². The summed E-state index contributed by atoms with van der Waals surface area (Å²) in [5.74, 6) is -0.0832. The molecule has 0 fully saturated rings. The highest BCUT2D eigenvalue weighted by atomic mass is 35.5. The van der Waals surface area contributed by atoms with Gasteiger partial charge in [-0.2, -0.15) is 10.4 Å². The number of hydrogen-bond donors (Lipinski definition) is 0. The average Bonchev–Trinajstić information content (AvgIpc) is 3.48. The SMILES string of the molecule is N#Cc1ccc(Cl)cc1-c1ccn(C(Cc2ccccc2)C(=O)Cc2ccc(C3=NN=NC3)cc2)c(=O)c1. The lowest BCUT2D eigenvalue weighted by atomic mass is 9.96. The third-order valence-corrected chi connectivity index (χ3v) is 6.69. The molecule has 0 bridgehead atoms. The number of aromatic nitrogens is 1. The Kier molecular flexibility index (Phi) is 7.34. The van der Waals surface area contributed by atoms with Gasteiger partial charge in [0, 0.05) is 35.7 Å². The van der Waals surface area contributed by atoms with Crippen LogP contribution in [0.25, 0.3) is 11.1 Å². The van der Waals surface area contributed by atoms with Crippen LogP contribution in [-0.4, -0.2) is 22.6 Å². The number of nitrogens with zero attached hydrogens (tertiary/aromatic N) is 5. The normalized spacial score (nSPS) is 13.1. The van der Waals surface area contributed by atoms with Gasteiger partial charge in [0.15, 0.2) is 5.78 Å². The Morgan fingerprint density at radius 2 is 1.76 bits per heavy atom. The lowest BCUT2D eigenvalue weighted by Crippen LogP contribution is -2.31. The van der Waals surface area contributed by atoms with Crippen LogP contribution in [0.4, 0.5) is 0 Å². The molecule has 5 rings (SSSR count). The largest absolute Gasteiger partial charge is 0.305 e. The molecule has 8 heteroatoms. The molecule has 38 heavy (non-hydrogen) atoms. The summed E-state index contributed by atoms with van der Waals surface area (Å²) in [7, 11) is 0. The number of carbonyl (C=O) groups excluding carboxylic acids is 1. The van der Waals surface area contributed by atoms with Gasteiger partial charge in [-0.15, -0.1) is 5.10 Å². The van der Waals surface area contributed by atoms with Crippen LogP contribution >= 0.6 is 11.6 Å². The first-order valence-electron chi connectivity index (χ1n) is 12.0. The summed E-state index contributed by atoms with van der Waals surface area (Å²) < 4.78 is 1.47. The summed E-state index contributed by atoms with van der Waals surface area (Å²) in [6.07, 6.45) is 2.16. The predicted molar refractivity (Wildman–Crippen MR) is 146 cm³/mol. The van der Waals surface area contributed by atoms with Crippen molar-refractivity contribution in [3.8, 4) is 17.2 Å². The Bertz CT molecular complexity index is 1650. The Balaban J connectivity index is 1.45. The molecule has 0 spiro atoms. The van der Waals surface area contributed by atoms with E-state index in [1.165, 1.54) is 10.6 Å². The van der Waals surface area contributed by atoms with E-state index in [0.717, 1.165) is 22.4 Å². The van der Waals surface area contributed by atoms with Crippen LogP contribution in [0.1, 0.15) is 28.3 Å². The standard InChI is InChI=1S/C30H22ClN5O2/c31-25-11-10-24(18-32)26(17-25)23-12-13-36(30(38)16-23)28(14-20-4-2-1-3-5-20)29(37)15-21-6-8-22(9-7-21)27-19-33-35-34-27/h1-13,16-17,28H,14-15,19H2. The topological polar surface area (TPSA) is 99.9 Å². The fourth-order valence-corrected chi connectivity index (χ4v) is 4.64. The number of ketones is 1. The van der Waals surface area contributed by atoms with E-state index in [1.807, 2.05) is 54.6 Å². The van der Waals surface area contributed by atoms with E-state index in [1.54, 1.807) is 30.5 Å². The van der Waals surface area contributed by atoms with Crippen LogP contribution in [0, 0.1) is 11.3 Å². The Morgan fingerprint density at radius 3 is 2.45 bits per heavy atom. The fraction of sp³-hybridized carbons (Fsp3) is 0.133. The maximum atomic E-state index is 13.6. The molecule has 1 unspecified atom stereocenters. The van der Waals surface area contributed by atoms with Crippen molar-refractivity contribution in [1.29, 1.82) is 5.26 Å². The molecule has 0 saturated heterocycles. The van der Waals surface area contributed by atoms with Gasteiger partial charge in [-0.25, -0.2) is 0 Å². The molecule has 1 atom stereocenters. The van der Waals surface area contributed by atoms with Crippen LogP contribution in [0.2, 0.25) is 5.02 Å². The summed E-state index contributed by atoms with van der Waals surface area (Å²) in [5.41, 5.74) is 4.72. The number of rotatable bonds is 8. The monoisotopic (exact) mass is 519 g/mol. The van der Waals surface area contributed by atoms with Gasteiger partial charge in [0.25, 0.3) is 5.56 Å². The molecule has 0 amide bonds. The second-order valence-electron chi connectivity index (χ2n) is 8.94. The number of carbonyl (C=O) groups is 1. The highest BCUT2D eigenvalue weighted by Crippen LogP contribution is 2.26. The smallest absolute Gasteiger partial charge is 0.251 e. The van der Waals surface area contributed by atoms with Crippen LogP contribution in [0.15, 0.2) is 111 Å². The van der Waals surface area contributed by atoms with Crippen molar-refractivity contribution >= 4 is 23.1 Å². The van der Waals surface area contributed by atoms with Gasteiger partial charge in [0.05, 0.1) is 23.4 Å². The molecule has 0 aliphatic carbocycles. The van der Waals surface area contributed by atoms with Crippen LogP contribution in [0.3, 0.4) is 0 Å². The minimum absolute atomic E-state index is 0.0832. The minimum Gasteiger partial charge on any atom is -0.305 e. The molecule has 7 nitrogen and oxygen atoms in total. The summed E-state index contributed by atoms with van der Waals surface area (Å²) in [5, 5.41) is 21.5. The second kappa shape index (κ2) is 11.2. The Morgan fingerprint density at radius 1 is 0.974 bits per heavy atom. The van der Waals surface area contributed by atoms with E-state index < -0.39 is 6.04 Å². The average molecular weight is 520 g/mol. The summed E-state index contributed by atoms with van der Waals surface area (Å²) in [4.78, 5) is 27.0. The van der Waals surface area contributed by atoms with E-state index in [-0.39, 0.29) is 17.8 Å². The fourth-order valence-electron chi connectivity index (χ4n) is 4.47. The lowest BCUT2D eigenvalue weighted by Gasteiger charge is -2.20. The van der Waals surface area contributed by atoms with Crippen LogP contribution < -0.4 is 5.56 Å². The summed E-state index contributed by atoms with van der Waals surface area (Å²) in [6.45, 7) is 0.446. The predicted octanol–water partition coefficient (Wildman–Crippen LogP) is 5.81. The molecule has 186 valence electrons. The third-order valence-electron chi connectivity index (χ3n) is 6.46. The van der Waals surface area contributed by atoms with Crippen LogP contribution in [0.5, 0.6) is 0 Å². The van der Waals surface area contributed by atoms with Gasteiger partial charge in [0.2, 0.25) is 0 Å². The highest BCUT2D eigenvalue weighted by Gasteiger charge is 2.23. The van der Waals surface area contributed by atoms with E-state index in [4.69, 9.17) is 11.6 Å². The number of benzene rings is 3. The summed E-state index contributed by atoms with van der Waals surface area (Å²) in [6, 6.07) is 26.8. The van der Waals surface area contributed by atoms with Crippen LogP contribution in [-0.2, 0) is 17.6 Å². The molecule has 0 N–H and O–H groups in total. The molecular formula is C30H22ClN5O2. The van der Waals surface area contributed by atoms with Crippen molar-refractivity contribution < 1.29 is 4.79 Å². The first-order valence-corrected chi connectivity index (χ1v) is 12.4. The lowest BCUT2D eigenvalue weighted by molar-refractivity contribution is -0.121. The third kappa shape index (κ3) is 5.51. The van der Waals surface area contributed by atoms with Crippen molar-refractivity contribution in [2.75, 3.05) is 6.54 Å². The maximum absolute atomic E-state index is 13.6. The molecule has 2 heterocycles. The van der Waals surface area contributed by atoms with Crippen molar-refractivity contribution in [1.82, 2.24) is 4.57 Å². The quantitative estimate of drug-likeness (QED) is 0.294. The molecule has 1 aliphatic rings. The summed E-state index contributed by atoms with van der Waals surface area (Å²) >= 11 is 6.15. The first-order chi connectivity index (χ1) is 18.5. The number of nitriles is 1. The van der Waals surface area contributed by atoms with Gasteiger partial charge < -0.3 is 4.57 Å². The molecule has 0 radical (unpaired) electrons. The molecular weight excluding hydrogens is 498 g/mol. The van der Waals surface area contributed by atoms with Crippen molar-refractivity contribution in [3.63, 3.8) is 0 Å². The molecule has 0 saturated carbocycles. The Labute approximate surface area is 224 Å². The van der Waals surface area contributed by atoms with E-state index in [2.05, 4.69) is 21.5 Å². The van der Waals surface area contributed by atoms with Gasteiger partial charge in [-0.05, 0) is 51.7 Å². The zero-order valence-corrected chi connectivity index (χ0v) is 21.0. The van der Waals surface area contributed by atoms with Crippen molar-refractivity contribution in [2.45, 2.75) is 18.9 Å². The molecule has 3 aromatic carbocycles. The van der Waals surface area contributed by atoms with Crippen molar-refractivity contribution in [3.05, 3.63) is 129 Å². The van der Waals surface area contributed by atoms with Gasteiger partial charge in [-0.1, -0.05) is 66.2 Å². The second-order valence-corrected chi connectivity index (χ2v) is 9.38. The highest BCUT2D eigenvalue weighted by molar-refractivity contribution is 6.30. The molecule has 1 aliphatic heterocycles. The number of halogens is 1. The number of Topliss-reactive ketones (excluding diaryl/α,β-unsaturated/α-hetero) is 1. The number of pyridine rings is 1. The van der Waals surface area contributed by atoms with Gasteiger partial charge >= 0.3 is 0 Å². The van der Waals surface area contributed by atoms with Crippen molar-refractivity contribution in [2.24, 2.45) is 15.4 Å². The Hall–Kier alpha value is -4.67. The zero-order chi connectivity index (χ0) is 26.5. The zero-order valence-electron chi connectivity index (χ0n) is 20.3. The van der Waals surface area contributed by atoms with Gasteiger partial charge in [0.1, 0.15) is 6.54 Å². The minimum atomic E-state index is -0.703. The number of hydrogen-bond acceptors (Lipinski definition) is 6.